The summed E-state index contributed by atoms with van der Waals surface area (Å²) in [6.07, 6.45) is -1.04. The van der Waals surface area contributed by atoms with Crippen LogP contribution in [0.15, 0.2) is 30.3 Å². The average Bonchev–Trinajstić information content (AvgIpc) is 2.78. The molecule has 4 rings (SSSR count). The van der Waals surface area contributed by atoms with Gasteiger partial charge in [0.15, 0.2) is 41.1 Å². The van der Waals surface area contributed by atoms with Gasteiger partial charge in [0.1, 0.15) is 5.82 Å². The minimum absolute atomic E-state index is 0.0611. The third kappa shape index (κ3) is 5.25. The molecule has 33 heavy (non-hydrogen) atoms. The summed E-state index contributed by atoms with van der Waals surface area (Å²) in [5.74, 6) is -8.42. The molecule has 1 saturated heterocycles. The summed E-state index contributed by atoms with van der Waals surface area (Å²) in [4.78, 5) is 0. The summed E-state index contributed by atoms with van der Waals surface area (Å²) in [6.45, 7) is 5.58. The van der Waals surface area contributed by atoms with Gasteiger partial charge in [-0.3, -0.25) is 0 Å². The fraction of sp³-hybridized carbons (Fsp3) is 0.333. The highest BCUT2D eigenvalue weighted by atomic mass is 19.2. The molecule has 1 fully saturated rings. The van der Waals surface area contributed by atoms with Crippen LogP contribution in [-0.4, -0.2) is 19.8 Å². The number of halogens is 6. The Balaban J connectivity index is 0.00000149. The van der Waals surface area contributed by atoms with Crippen molar-refractivity contribution < 1.29 is 40.6 Å². The molecule has 0 saturated carbocycles. The Morgan fingerprint density at radius 3 is 2.00 bits per heavy atom. The van der Waals surface area contributed by atoms with Crippen molar-refractivity contribution >= 4 is 10.8 Å². The van der Waals surface area contributed by atoms with E-state index in [0.29, 0.717) is 11.6 Å². The zero-order chi connectivity index (χ0) is 24.3. The van der Waals surface area contributed by atoms with Crippen LogP contribution in [0.5, 0.6) is 5.75 Å². The van der Waals surface area contributed by atoms with Gasteiger partial charge in [-0.05, 0) is 48.2 Å². The predicted octanol–water partition coefficient (Wildman–Crippen LogP) is 6.75. The Bertz CT molecular complexity index is 1120. The number of hydrogen-bond acceptors (Lipinski definition) is 3. The molecule has 0 spiro atoms. The lowest BCUT2D eigenvalue weighted by Gasteiger charge is -2.29. The molecule has 1 aliphatic rings. The van der Waals surface area contributed by atoms with Crippen molar-refractivity contribution in [2.24, 2.45) is 5.92 Å². The Kier molecular flexibility index (Phi) is 7.86. The Hall–Kier alpha value is -2.78. The molecule has 0 N–H and O–H groups in total. The molecule has 0 bridgehead atoms. The van der Waals surface area contributed by atoms with E-state index in [1.807, 2.05) is 13.8 Å². The fourth-order valence-electron chi connectivity index (χ4n) is 3.40. The molecule has 9 heteroatoms. The first-order valence-electron chi connectivity index (χ1n) is 10.3. The maximum Gasteiger partial charge on any atom is 0.195 e. The molecule has 3 aromatic rings. The Morgan fingerprint density at radius 2 is 1.39 bits per heavy atom. The van der Waals surface area contributed by atoms with Gasteiger partial charge in [0.05, 0.1) is 25.2 Å². The number of ether oxygens (including phenoxy) is 3. The third-order valence-corrected chi connectivity index (χ3v) is 4.89. The topological polar surface area (TPSA) is 27.7 Å². The van der Waals surface area contributed by atoms with Crippen LogP contribution < -0.4 is 4.74 Å². The highest BCUT2D eigenvalue weighted by Crippen LogP contribution is 2.32. The van der Waals surface area contributed by atoms with Crippen LogP contribution in [0, 0.1) is 47.7 Å². The predicted molar refractivity (Wildman–Crippen MR) is 110 cm³/mol. The Morgan fingerprint density at radius 1 is 0.788 bits per heavy atom. The highest BCUT2D eigenvalue weighted by Gasteiger charge is 2.27. The minimum atomic E-state index is -1.76. The van der Waals surface area contributed by atoms with Gasteiger partial charge in [0, 0.05) is 11.5 Å². The summed E-state index contributed by atoms with van der Waals surface area (Å²) < 4.78 is 99.0. The van der Waals surface area contributed by atoms with E-state index in [-0.39, 0.29) is 36.7 Å². The van der Waals surface area contributed by atoms with E-state index in [0.717, 1.165) is 18.2 Å². The molecule has 1 heterocycles. The molecular formula is C24H22F6O3. The minimum Gasteiger partial charge on any atom is -0.487 e. The van der Waals surface area contributed by atoms with E-state index in [2.05, 4.69) is 0 Å². The molecule has 0 unspecified atom stereocenters. The second-order valence-electron chi connectivity index (χ2n) is 7.32. The van der Waals surface area contributed by atoms with E-state index in [1.54, 1.807) is 6.92 Å². The standard InChI is InChI=1S/C22H16F6O3.C2H6/c1-10-2-16(25)21(17(26)3-10)29-7-11-8-30-22(31-9-11)13-4-12-5-15(24)19(27)20(28)18(12)14(23)6-13;1-2/h2-6,11,22H,7-9H2,1H3;1-2H3. The molecule has 0 atom stereocenters. The van der Waals surface area contributed by atoms with Crippen molar-refractivity contribution in [2.45, 2.75) is 27.1 Å². The van der Waals surface area contributed by atoms with Gasteiger partial charge in [-0.15, -0.1) is 0 Å². The lowest BCUT2D eigenvalue weighted by molar-refractivity contribution is -0.208. The maximum atomic E-state index is 14.3. The highest BCUT2D eigenvalue weighted by molar-refractivity contribution is 5.84. The first-order chi connectivity index (χ1) is 15.7. The zero-order valence-electron chi connectivity index (χ0n) is 18.2. The molecule has 0 aromatic heterocycles. The van der Waals surface area contributed by atoms with Gasteiger partial charge < -0.3 is 14.2 Å². The molecule has 3 aromatic carbocycles. The quantitative estimate of drug-likeness (QED) is 0.311. The maximum absolute atomic E-state index is 14.3. The molecule has 0 radical (unpaired) electrons. The second-order valence-corrected chi connectivity index (χ2v) is 7.32. The summed E-state index contributed by atoms with van der Waals surface area (Å²) in [7, 11) is 0. The van der Waals surface area contributed by atoms with Crippen molar-refractivity contribution in [3.63, 3.8) is 0 Å². The summed E-state index contributed by atoms with van der Waals surface area (Å²) >= 11 is 0. The van der Waals surface area contributed by atoms with Crippen LogP contribution in [0.3, 0.4) is 0 Å². The summed E-state index contributed by atoms with van der Waals surface area (Å²) in [6, 6.07) is 5.14. The van der Waals surface area contributed by atoms with Gasteiger partial charge in [0.2, 0.25) is 0 Å². The SMILES string of the molecule is CC.Cc1cc(F)c(OCC2COC(c3cc(F)c4c(F)c(F)c(F)cc4c3)OC2)c(F)c1. The van der Waals surface area contributed by atoms with Crippen molar-refractivity contribution in [3.05, 3.63) is 76.4 Å². The van der Waals surface area contributed by atoms with Gasteiger partial charge in [-0.25, -0.2) is 26.3 Å². The van der Waals surface area contributed by atoms with Gasteiger partial charge >= 0.3 is 0 Å². The number of fused-ring (bicyclic) bond motifs is 1. The monoisotopic (exact) mass is 472 g/mol. The number of rotatable bonds is 4. The largest absolute Gasteiger partial charge is 0.487 e. The van der Waals surface area contributed by atoms with Crippen LogP contribution in [0.2, 0.25) is 0 Å². The molecule has 0 amide bonds. The lowest BCUT2D eigenvalue weighted by atomic mass is 10.0. The first-order valence-corrected chi connectivity index (χ1v) is 10.3. The smallest absolute Gasteiger partial charge is 0.195 e. The van der Waals surface area contributed by atoms with Crippen LogP contribution in [0.1, 0.15) is 31.3 Å². The van der Waals surface area contributed by atoms with E-state index >= 15 is 0 Å². The van der Waals surface area contributed by atoms with E-state index < -0.39 is 52.3 Å². The van der Waals surface area contributed by atoms with Crippen molar-refractivity contribution in [1.29, 1.82) is 0 Å². The average molecular weight is 472 g/mol. The normalized spacial score (nSPS) is 18.1. The Labute approximate surface area is 186 Å². The second kappa shape index (κ2) is 10.4. The molecule has 178 valence electrons. The summed E-state index contributed by atoms with van der Waals surface area (Å²) in [5, 5.41) is -0.860. The van der Waals surface area contributed by atoms with E-state index in [9.17, 15) is 26.3 Å². The van der Waals surface area contributed by atoms with Crippen LogP contribution >= 0.6 is 0 Å². The number of hydrogen-bond donors (Lipinski definition) is 0. The van der Waals surface area contributed by atoms with Crippen molar-refractivity contribution in [1.82, 2.24) is 0 Å². The molecule has 0 aliphatic carbocycles. The van der Waals surface area contributed by atoms with Gasteiger partial charge in [-0.2, -0.15) is 0 Å². The molecule has 1 aliphatic heterocycles. The van der Waals surface area contributed by atoms with Crippen LogP contribution in [0.25, 0.3) is 10.8 Å². The third-order valence-electron chi connectivity index (χ3n) is 4.89. The van der Waals surface area contributed by atoms with Crippen LogP contribution in [0.4, 0.5) is 26.3 Å². The molecular weight excluding hydrogens is 450 g/mol. The number of benzene rings is 3. The lowest BCUT2D eigenvalue weighted by Crippen LogP contribution is -2.31. The van der Waals surface area contributed by atoms with Crippen LogP contribution in [-0.2, 0) is 9.47 Å². The molecule has 3 nitrogen and oxygen atoms in total. The fourth-order valence-corrected chi connectivity index (χ4v) is 3.40. The van der Waals surface area contributed by atoms with Crippen molar-refractivity contribution in [3.8, 4) is 5.75 Å². The van der Waals surface area contributed by atoms with Crippen molar-refractivity contribution in [2.75, 3.05) is 19.8 Å². The first kappa shape index (κ1) is 24.9. The zero-order valence-corrected chi connectivity index (χ0v) is 18.2. The van der Waals surface area contributed by atoms with E-state index in [4.69, 9.17) is 14.2 Å². The number of aryl methyl sites for hydroxylation is 1. The van der Waals surface area contributed by atoms with Gasteiger partial charge in [0.25, 0.3) is 0 Å². The summed E-state index contributed by atoms with van der Waals surface area (Å²) in [5.41, 5.74) is 0.560. The van der Waals surface area contributed by atoms with Gasteiger partial charge in [-0.1, -0.05) is 13.8 Å². The van der Waals surface area contributed by atoms with E-state index in [1.165, 1.54) is 6.07 Å².